The van der Waals surface area contributed by atoms with Crippen molar-refractivity contribution in [1.29, 1.82) is 0 Å². The first-order valence-electron chi connectivity index (χ1n) is 7.90. The largest absolute Gasteiger partial charge is 0.341 e. The molecule has 2 heterocycles. The normalized spacial score (nSPS) is 14.2. The van der Waals surface area contributed by atoms with Gasteiger partial charge in [0.1, 0.15) is 5.56 Å². The fourth-order valence-electron chi connectivity index (χ4n) is 2.90. The van der Waals surface area contributed by atoms with Crippen molar-refractivity contribution in [2.24, 2.45) is 0 Å². The Hall–Kier alpha value is -2.31. The second-order valence-electron chi connectivity index (χ2n) is 5.70. The van der Waals surface area contributed by atoms with Crippen molar-refractivity contribution in [1.82, 2.24) is 9.47 Å². The molecule has 1 aliphatic heterocycles. The summed E-state index contributed by atoms with van der Waals surface area (Å²) in [5, 5.41) is 0. The third-order valence-electron chi connectivity index (χ3n) is 4.00. The lowest BCUT2D eigenvalue weighted by Gasteiger charge is -2.29. The predicted molar refractivity (Wildman–Crippen MR) is 85.3 cm³/mol. The Balaban J connectivity index is 2.61. The molecule has 0 atom stereocenters. The number of halogens is 2. The molecule has 0 saturated heterocycles. The van der Waals surface area contributed by atoms with Crippen molar-refractivity contribution in [2.45, 2.75) is 45.6 Å². The summed E-state index contributed by atoms with van der Waals surface area (Å²) in [6.45, 7) is 4.78. The number of amides is 2. The molecule has 2 amide bonds. The Morgan fingerprint density at radius 2 is 2.04 bits per heavy atom. The van der Waals surface area contributed by atoms with E-state index in [0.29, 0.717) is 12.1 Å². The third-order valence-corrected chi connectivity index (χ3v) is 4.00. The SMILES string of the molecule is C=CCN1C(=O)Cc2c(c(=O)cc(CCCC)n2CC(F)F)C1=O. The molecule has 0 radical (unpaired) electrons. The molecule has 5 nitrogen and oxygen atoms in total. The number of fused-ring (bicyclic) bond motifs is 1. The first kappa shape index (κ1) is 18.0. The van der Waals surface area contributed by atoms with E-state index >= 15 is 0 Å². The highest BCUT2D eigenvalue weighted by molar-refractivity contribution is 6.09. The maximum atomic E-state index is 13.0. The van der Waals surface area contributed by atoms with E-state index < -0.39 is 30.2 Å². The number of alkyl halides is 2. The number of rotatable bonds is 7. The molecule has 1 aromatic rings. The van der Waals surface area contributed by atoms with E-state index in [0.717, 1.165) is 17.7 Å². The Morgan fingerprint density at radius 1 is 1.33 bits per heavy atom. The lowest BCUT2D eigenvalue weighted by molar-refractivity contribution is -0.128. The van der Waals surface area contributed by atoms with Crippen molar-refractivity contribution < 1.29 is 18.4 Å². The minimum atomic E-state index is -2.65. The van der Waals surface area contributed by atoms with Crippen LogP contribution in [0.2, 0.25) is 0 Å². The van der Waals surface area contributed by atoms with E-state index in [1.54, 1.807) is 0 Å². The second-order valence-corrected chi connectivity index (χ2v) is 5.70. The van der Waals surface area contributed by atoms with Crippen molar-refractivity contribution in [2.75, 3.05) is 6.54 Å². The number of hydrogen-bond acceptors (Lipinski definition) is 3. The summed E-state index contributed by atoms with van der Waals surface area (Å²) in [4.78, 5) is 37.9. The van der Waals surface area contributed by atoms with E-state index in [-0.39, 0.29) is 24.2 Å². The van der Waals surface area contributed by atoms with Crippen LogP contribution in [0.3, 0.4) is 0 Å². The standard InChI is InChI=1S/C17H20F2N2O3/c1-3-5-6-11-8-13(22)16-12(21(11)10-14(18)19)9-15(23)20(7-4-2)17(16)24/h4,8,14H,2-3,5-7,9-10H2,1H3. The zero-order valence-electron chi connectivity index (χ0n) is 13.6. The maximum Gasteiger partial charge on any atom is 0.266 e. The monoisotopic (exact) mass is 338 g/mol. The molecular formula is C17H20F2N2O3. The van der Waals surface area contributed by atoms with Gasteiger partial charge >= 0.3 is 0 Å². The number of imide groups is 1. The van der Waals surface area contributed by atoms with E-state index in [4.69, 9.17) is 0 Å². The summed E-state index contributed by atoms with van der Waals surface area (Å²) in [6.07, 6.45) is 0.514. The van der Waals surface area contributed by atoms with Crippen molar-refractivity contribution in [3.63, 3.8) is 0 Å². The Bertz CT molecular complexity index is 725. The van der Waals surface area contributed by atoms with E-state index in [2.05, 4.69) is 6.58 Å². The van der Waals surface area contributed by atoms with Crippen molar-refractivity contribution in [3.8, 4) is 0 Å². The number of aryl methyl sites for hydroxylation is 1. The zero-order chi connectivity index (χ0) is 17.9. The maximum absolute atomic E-state index is 13.0. The van der Waals surface area contributed by atoms with Crippen LogP contribution >= 0.6 is 0 Å². The van der Waals surface area contributed by atoms with Gasteiger partial charge in [-0.15, -0.1) is 6.58 Å². The molecule has 130 valence electrons. The summed E-state index contributed by atoms with van der Waals surface area (Å²) in [5.41, 5.74) is -0.159. The summed E-state index contributed by atoms with van der Waals surface area (Å²) in [6, 6.07) is 1.25. The van der Waals surface area contributed by atoms with Gasteiger partial charge in [0.2, 0.25) is 5.91 Å². The number of hydrogen-bond donors (Lipinski definition) is 0. The fraction of sp³-hybridized carbons (Fsp3) is 0.471. The van der Waals surface area contributed by atoms with Crippen LogP contribution in [0.1, 0.15) is 41.5 Å². The number of aromatic nitrogens is 1. The van der Waals surface area contributed by atoms with Gasteiger partial charge in [0.05, 0.1) is 13.0 Å². The first-order valence-corrected chi connectivity index (χ1v) is 7.90. The summed E-state index contributed by atoms with van der Waals surface area (Å²) >= 11 is 0. The molecule has 24 heavy (non-hydrogen) atoms. The second kappa shape index (κ2) is 7.51. The van der Waals surface area contributed by atoms with Crippen molar-refractivity contribution >= 4 is 11.8 Å². The average Bonchev–Trinajstić information content (AvgIpc) is 2.51. The Labute approximate surface area is 138 Å². The number of unbranched alkanes of at least 4 members (excludes halogenated alkanes) is 1. The molecule has 0 spiro atoms. The number of nitrogens with zero attached hydrogens (tertiary/aromatic N) is 2. The van der Waals surface area contributed by atoms with Gasteiger partial charge in [-0.2, -0.15) is 0 Å². The molecule has 1 aromatic heterocycles. The van der Waals surface area contributed by atoms with Crippen LogP contribution in [-0.4, -0.2) is 34.3 Å². The smallest absolute Gasteiger partial charge is 0.266 e. The third kappa shape index (κ3) is 3.44. The van der Waals surface area contributed by atoms with Crippen LogP contribution in [0, 0.1) is 0 Å². The van der Waals surface area contributed by atoms with Gasteiger partial charge in [-0.1, -0.05) is 19.4 Å². The first-order chi connectivity index (χ1) is 11.4. The summed E-state index contributed by atoms with van der Waals surface area (Å²) in [7, 11) is 0. The molecule has 0 N–H and O–H groups in total. The van der Waals surface area contributed by atoms with E-state index in [9.17, 15) is 23.2 Å². The van der Waals surface area contributed by atoms with Gasteiger partial charge in [0.25, 0.3) is 12.3 Å². The molecule has 2 rings (SSSR count). The molecule has 0 unspecified atom stereocenters. The molecule has 0 aromatic carbocycles. The molecular weight excluding hydrogens is 318 g/mol. The number of carbonyl (C=O) groups excluding carboxylic acids is 2. The van der Waals surface area contributed by atoms with E-state index in [1.165, 1.54) is 16.7 Å². The Morgan fingerprint density at radius 3 is 2.62 bits per heavy atom. The van der Waals surface area contributed by atoms with Crippen LogP contribution in [0.15, 0.2) is 23.5 Å². The van der Waals surface area contributed by atoms with E-state index in [1.807, 2.05) is 6.92 Å². The highest BCUT2D eigenvalue weighted by atomic mass is 19.3. The van der Waals surface area contributed by atoms with Gasteiger partial charge in [-0.05, 0) is 12.8 Å². The minimum absolute atomic E-state index is 0.0109. The molecule has 7 heteroatoms. The minimum Gasteiger partial charge on any atom is -0.341 e. The molecule has 0 bridgehead atoms. The van der Waals surface area contributed by atoms with Crippen LogP contribution in [-0.2, 0) is 24.2 Å². The van der Waals surface area contributed by atoms with Crippen molar-refractivity contribution in [3.05, 3.63) is 45.9 Å². The number of pyridine rings is 1. The summed E-state index contributed by atoms with van der Waals surface area (Å²) < 4.78 is 27.3. The lowest BCUT2D eigenvalue weighted by Crippen LogP contribution is -2.46. The van der Waals surface area contributed by atoms with Crippen LogP contribution < -0.4 is 5.43 Å². The molecule has 1 aliphatic rings. The quantitative estimate of drug-likeness (QED) is 0.565. The summed E-state index contributed by atoms with van der Waals surface area (Å²) in [5.74, 6) is -1.25. The van der Waals surface area contributed by atoms with Gasteiger partial charge in [-0.3, -0.25) is 19.3 Å². The van der Waals surface area contributed by atoms with Crippen LogP contribution in [0.25, 0.3) is 0 Å². The molecule has 0 fully saturated rings. The van der Waals surface area contributed by atoms with Gasteiger partial charge in [-0.25, -0.2) is 8.78 Å². The molecule has 0 aliphatic carbocycles. The Kier molecular flexibility index (Phi) is 5.64. The lowest BCUT2D eigenvalue weighted by atomic mass is 10.0. The fourth-order valence-corrected chi connectivity index (χ4v) is 2.90. The van der Waals surface area contributed by atoms with Crippen LogP contribution in [0.4, 0.5) is 8.78 Å². The van der Waals surface area contributed by atoms with Crippen LogP contribution in [0.5, 0.6) is 0 Å². The predicted octanol–water partition coefficient (Wildman–Crippen LogP) is 2.17. The topological polar surface area (TPSA) is 59.4 Å². The zero-order valence-corrected chi connectivity index (χ0v) is 13.6. The average molecular weight is 338 g/mol. The number of carbonyl (C=O) groups is 2. The van der Waals surface area contributed by atoms with Gasteiger partial charge in [0, 0.05) is 24.0 Å². The highest BCUT2D eigenvalue weighted by Crippen LogP contribution is 2.21. The highest BCUT2D eigenvalue weighted by Gasteiger charge is 2.35. The van der Waals surface area contributed by atoms with Gasteiger partial charge in [0.15, 0.2) is 5.43 Å². The molecule has 0 saturated carbocycles. The van der Waals surface area contributed by atoms with Gasteiger partial charge < -0.3 is 4.57 Å².